The molecule has 0 unspecified atom stereocenters. The molecule has 1 amide bonds. The zero-order valence-corrected chi connectivity index (χ0v) is 10.3. The molecule has 0 atom stereocenters. The second-order valence-corrected chi connectivity index (χ2v) is 4.67. The highest BCUT2D eigenvalue weighted by Crippen LogP contribution is 2.17. The van der Waals surface area contributed by atoms with Gasteiger partial charge in [-0.2, -0.15) is 0 Å². The largest absolute Gasteiger partial charge is 0.370 e. The van der Waals surface area contributed by atoms with E-state index in [4.69, 9.17) is 10.5 Å². The molecule has 0 bridgehead atoms. The first-order chi connectivity index (χ1) is 8.29. The minimum absolute atomic E-state index is 0.0549. The van der Waals surface area contributed by atoms with Crippen molar-refractivity contribution in [2.45, 2.75) is 6.54 Å². The summed E-state index contributed by atoms with van der Waals surface area (Å²) in [5.41, 5.74) is 6.28. The molecule has 1 fully saturated rings. The van der Waals surface area contributed by atoms with Crippen LogP contribution in [0.25, 0.3) is 0 Å². The van der Waals surface area contributed by atoms with Crippen LogP contribution in [-0.4, -0.2) is 37.1 Å². The topological polar surface area (TPSA) is 55.6 Å². The number of nitrogens with two attached hydrogens (primary N) is 1. The summed E-state index contributed by atoms with van der Waals surface area (Å²) >= 11 is 1.62. The maximum absolute atomic E-state index is 11.5. The second-order valence-electron chi connectivity index (χ2n) is 3.68. The number of hydrogen-bond acceptors (Lipinski definition) is 4. The van der Waals surface area contributed by atoms with Crippen LogP contribution in [0.2, 0.25) is 0 Å². The van der Waals surface area contributed by atoms with Gasteiger partial charge in [-0.3, -0.25) is 4.79 Å². The van der Waals surface area contributed by atoms with E-state index in [0.29, 0.717) is 26.2 Å². The first-order valence-corrected chi connectivity index (χ1v) is 6.29. The fraction of sp³-hybridized carbons (Fsp3) is 0.417. The summed E-state index contributed by atoms with van der Waals surface area (Å²) in [6, 6.07) is 2.01. The Morgan fingerprint density at radius 1 is 1.59 bits per heavy atom. The van der Waals surface area contributed by atoms with Gasteiger partial charge in [-0.05, 0) is 6.07 Å². The third-order valence-electron chi connectivity index (χ3n) is 2.42. The van der Waals surface area contributed by atoms with Gasteiger partial charge in [-0.1, -0.05) is 11.8 Å². The van der Waals surface area contributed by atoms with Gasteiger partial charge in [-0.25, -0.2) is 0 Å². The van der Waals surface area contributed by atoms with E-state index < -0.39 is 0 Å². The van der Waals surface area contributed by atoms with E-state index in [-0.39, 0.29) is 12.5 Å². The normalized spacial score (nSPS) is 15.6. The number of ether oxygens (including phenoxy) is 1. The molecule has 2 heterocycles. The molecule has 90 valence electrons. The molecule has 0 aliphatic carbocycles. The number of rotatable bonds is 2. The zero-order chi connectivity index (χ0) is 12.1. The van der Waals surface area contributed by atoms with Gasteiger partial charge in [0.1, 0.15) is 6.61 Å². The van der Waals surface area contributed by atoms with Gasteiger partial charge in [0, 0.05) is 22.4 Å². The average molecular weight is 250 g/mol. The fourth-order valence-electron chi connectivity index (χ4n) is 1.59. The maximum Gasteiger partial charge on any atom is 0.248 e. The Balaban J connectivity index is 1.98. The molecule has 0 radical (unpaired) electrons. The molecule has 2 N–H and O–H groups in total. The van der Waals surface area contributed by atoms with E-state index in [1.165, 1.54) is 0 Å². The molecule has 0 spiro atoms. The van der Waals surface area contributed by atoms with Gasteiger partial charge in [0.25, 0.3) is 0 Å². The third-order valence-corrected chi connectivity index (χ3v) is 3.34. The Labute approximate surface area is 104 Å². The number of amides is 1. The molecular weight excluding hydrogens is 236 g/mol. The van der Waals surface area contributed by atoms with Crippen LogP contribution in [0.5, 0.6) is 0 Å². The SMILES string of the molecule is NCC#Cc1csc(CN2CCOCC2=O)c1. The van der Waals surface area contributed by atoms with Crippen LogP contribution in [0.4, 0.5) is 0 Å². The summed E-state index contributed by atoms with van der Waals surface area (Å²) in [5, 5.41) is 1.99. The Kier molecular flexibility index (Phi) is 4.15. The van der Waals surface area contributed by atoms with Crippen LogP contribution in [0.1, 0.15) is 10.4 Å². The minimum atomic E-state index is 0.0549. The van der Waals surface area contributed by atoms with E-state index in [9.17, 15) is 4.79 Å². The standard InChI is InChI=1S/C12H14N2O2S/c13-3-1-2-10-6-11(17-9-10)7-14-4-5-16-8-12(14)15/h6,9H,3-5,7-8,13H2. The Bertz CT molecular complexity index is 459. The molecule has 5 heteroatoms. The summed E-state index contributed by atoms with van der Waals surface area (Å²) < 4.78 is 5.08. The van der Waals surface area contributed by atoms with Gasteiger partial charge in [-0.15, -0.1) is 11.3 Å². The Hall–Kier alpha value is -1.35. The predicted octanol–water partition coefficient (Wildman–Crippen LogP) is 0.417. The lowest BCUT2D eigenvalue weighted by molar-refractivity contribution is -0.143. The van der Waals surface area contributed by atoms with Gasteiger partial charge in [0.05, 0.1) is 19.7 Å². The predicted molar refractivity (Wildman–Crippen MR) is 66.5 cm³/mol. The van der Waals surface area contributed by atoms with E-state index in [2.05, 4.69) is 11.8 Å². The lowest BCUT2D eigenvalue weighted by atomic mass is 10.3. The molecule has 0 saturated carbocycles. The van der Waals surface area contributed by atoms with Crippen LogP contribution in [-0.2, 0) is 16.1 Å². The van der Waals surface area contributed by atoms with Crippen LogP contribution < -0.4 is 5.73 Å². The number of thiophene rings is 1. The van der Waals surface area contributed by atoms with Crippen molar-refractivity contribution >= 4 is 17.2 Å². The third kappa shape index (κ3) is 3.30. The molecule has 17 heavy (non-hydrogen) atoms. The van der Waals surface area contributed by atoms with Crippen molar-refractivity contribution < 1.29 is 9.53 Å². The van der Waals surface area contributed by atoms with E-state index in [0.717, 1.165) is 10.4 Å². The van der Waals surface area contributed by atoms with Gasteiger partial charge >= 0.3 is 0 Å². The maximum atomic E-state index is 11.5. The Morgan fingerprint density at radius 3 is 3.24 bits per heavy atom. The van der Waals surface area contributed by atoms with Crippen LogP contribution in [0.3, 0.4) is 0 Å². The van der Waals surface area contributed by atoms with Crippen molar-refractivity contribution in [1.29, 1.82) is 0 Å². The number of hydrogen-bond donors (Lipinski definition) is 1. The van der Waals surface area contributed by atoms with E-state index in [1.54, 1.807) is 11.3 Å². The number of nitrogens with zero attached hydrogens (tertiary/aromatic N) is 1. The van der Waals surface area contributed by atoms with Crippen molar-refractivity contribution in [2.75, 3.05) is 26.3 Å². The first kappa shape index (κ1) is 12.1. The lowest BCUT2D eigenvalue weighted by Gasteiger charge is -2.26. The minimum Gasteiger partial charge on any atom is -0.370 e. The monoisotopic (exact) mass is 250 g/mol. The molecule has 1 aromatic rings. The molecule has 0 aromatic carbocycles. The molecular formula is C12H14N2O2S. The summed E-state index contributed by atoms with van der Waals surface area (Å²) in [7, 11) is 0. The second kappa shape index (κ2) is 5.82. The van der Waals surface area contributed by atoms with Gasteiger partial charge < -0.3 is 15.4 Å². The zero-order valence-electron chi connectivity index (χ0n) is 9.44. The summed E-state index contributed by atoms with van der Waals surface area (Å²) in [6.45, 7) is 2.51. The van der Waals surface area contributed by atoms with E-state index in [1.807, 2.05) is 16.3 Å². The highest BCUT2D eigenvalue weighted by Gasteiger charge is 2.18. The summed E-state index contributed by atoms with van der Waals surface area (Å²) in [5.74, 6) is 5.85. The summed E-state index contributed by atoms with van der Waals surface area (Å²) in [6.07, 6.45) is 0. The van der Waals surface area contributed by atoms with E-state index >= 15 is 0 Å². The van der Waals surface area contributed by atoms with Crippen molar-refractivity contribution in [3.8, 4) is 11.8 Å². The quantitative estimate of drug-likeness (QED) is 0.774. The lowest BCUT2D eigenvalue weighted by Crippen LogP contribution is -2.40. The molecule has 4 nitrogen and oxygen atoms in total. The van der Waals surface area contributed by atoms with Crippen LogP contribution in [0, 0.1) is 11.8 Å². The van der Waals surface area contributed by atoms with Gasteiger partial charge in [0.15, 0.2) is 0 Å². The summed E-state index contributed by atoms with van der Waals surface area (Å²) in [4.78, 5) is 14.5. The van der Waals surface area contributed by atoms with Crippen molar-refractivity contribution in [1.82, 2.24) is 4.90 Å². The number of carbonyl (C=O) groups excluding carboxylic acids is 1. The number of morpholine rings is 1. The van der Waals surface area contributed by atoms with Crippen LogP contribution >= 0.6 is 11.3 Å². The highest BCUT2D eigenvalue weighted by atomic mass is 32.1. The molecule has 1 aliphatic rings. The number of carbonyl (C=O) groups is 1. The van der Waals surface area contributed by atoms with Crippen molar-refractivity contribution in [2.24, 2.45) is 5.73 Å². The van der Waals surface area contributed by atoms with Crippen molar-refractivity contribution in [3.05, 3.63) is 21.9 Å². The smallest absolute Gasteiger partial charge is 0.248 e. The fourth-order valence-corrected chi connectivity index (χ4v) is 2.42. The van der Waals surface area contributed by atoms with Crippen LogP contribution in [0.15, 0.2) is 11.4 Å². The Morgan fingerprint density at radius 2 is 2.47 bits per heavy atom. The van der Waals surface area contributed by atoms with Crippen molar-refractivity contribution in [3.63, 3.8) is 0 Å². The average Bonchev–Trinajstić information content (AvgIpc) is 2.77. The van der Waals surface area contributed by atoms with Gasteiger partial charge in [0.2, 0.25) is 5.91 Å². The molecule has 1 saturated heterocycles. The molecule has 1 aromatic heterocycles. The molecule has 2 rings (SSSR count). The highest BCUT2D eigenvalue weighted by molar-refractivity contribution is 7.10. The first-order valence-electron chi connectivity index (χ1n) is 5.41. The molecule has 1 aliphatic heterocycles.